The van der Waals surface area contributed by atoms with Crippen LogP contribution in [0.15, 0.2) is 24.4 Å². The maximum atomic E-state index is 13.3. The number of amides is 3. The molecule has 196 valence electrons. The molecule has 3 rings (SSSR count). The second-order valence-electron chi connectivity index (χ2n) is 9.55. The molecule has 3 aliphatic rings. The van der Waals surface area contributed by atoms with Crippen LogP contribution in [0.3, 0.4) is 0 Å². The molecule has 2 N–H and O–H groups in total. The molecular formula is C25H38F2N4O3S. The predicted molar refractivity (Wildman–Crippen MR) is 134 cm³/mol. The summed E-state index contributed by atoms with van der Waals surface area (Å²) >= 11 is 1.68. The first-order valence-corrected chi connectivity index (χ1v) is 13.6. The molecule has 0 spiro atoms. The molecule has 2 heterocycles. The van der Waals surface area contributed by atoms with Gasteiger partial charge < -0.3 is 19.8 Å². The number of halogens is 2. The third-order valence-corrected chi connectivity index (χ3v) is 7.82. The van der Waals surface area contributed by atoms with Crippen LogP contribution < -0.4 is 10.0 Å². The summed E-state index contributed by atoms with van der Waals surface area (Å²) in [5.74, 6) is -3.45. The number of allylic oxidation sites excluding steroid dienone is 1. The van der Waals surface area contributed by atoms with E-state index < -0.39 is 12.0 Å². The summed E-state index contributed by atoms with van der Waals surface area (Å²) in [6.45, 7) is 6.38. The molecule has 0 radical (unpaired) electrons. The molecule has 3 fully saturated rings. The number of hydrogen-bond donors (Lipinski definition) is 2. The second kappa shape index (κ2) is 12.7. The Kier molecular flexibility index (Phi) is 10.0. The lowest BCUT2D eigenvalue weighted by Gasteiger charge is -2.32. The van der Waals surface area contributed by atoms with Gasteiger partial charge in [0, 0.05) is 56.3 Å². The quantitative estimate of drug-likeness (QED) is 0.307. The highest BCUT2D eigenvalue weighted by Gasteiger charge is 2.37. The molecule has 10 heteroatoms. The minimum Gasteiger partial charge on any atom is -0.346 e. The molecule has 0 bridgehead atoms. The number of carbonyl (C=O) groups excluding carboxylic acids is 3. The monoisotopic (exact) mass is 512 g/mol. The minimum absolute atomic E-state index is 0.0140. The van der Waals surface area contributed by atoms with Crippen LogP contribution in [0.5, 0.6) is 0 Å². The van der Waals surface area contributed by atoms with Crippen molar-refractivity contribution < 1.29 is 23.2 Å². The normalized spacial score (nSPS) is 23.1. The first kappa shape index (κ1) is 27.5. The summed E-state index contributed by atoms with van der Waals surface area (Å²) in [5, 5.41) is 3.72. The fourth-order valence-corrected chi connectivity index (χ4v) is 5.35. The van der Waals surface area contributed by atoms with E-state index in [9.17, 15) is 23.2 Å². The van der Waals surface area contributed by atoms with E-state index in [1.165, 1.54) is 17.7 Å². The van der Waals surface area contributed by atoms with Gasteiger partial charge in [-0.15, -0.1) is 6.58 Å². The molecule has 0 aromatic rings. The average molecular weight is 513 g/mol. The Morgan fingerprint density at radius 2 is 1.80 bits per heavy atom. The van der Waals surface area contributed by atoms with E-state index in [0.29, 0.717) is 24.6 Å². The van der Waals surface area contributed by atoms with Crippen LogP contribution in [0.25, 0.3) is 0 Å². The van der Waals surface area contributed by atoms with Gasteiger partial charge in [-0.05, 0) is 50.5 Å². The van der Waals surface area contributed by atoms with Crippen molar-refractivity contribution >= 4 is 29.7 Å². The summed E-state index contributed by atoms with van der Waals surface area (Å²) in [5.41, 5.74) is 0.950. The number of rotatable bonds is 12. The molecule has 1 unspecified atom stereocenters. The molecule has 7 nitrogen and oxygen atoms in total. The fourth-order valence-electron chi connectivity index (χ4n) is 4.45. The number of nitrogens with one attached hydrogen (secondary N) is 2. The minimum atomic E-state index is -2.72. The summed E-state index contributed by atoms with van der Waals surface area (Å²) in [7, 11) is 0. The van der Waals surface area contributed by atoms with Gasteiger partial charge in [-0.2, -0.15) is 0 Å². The van der Waals surface area contributed by atoms with Gasteiger partial charge in [0.1, 0.15) is 6.04 Å². The number of likely N-dealkylation sites (tertiary alicyclic amines) is 2. The van der Waals surface area contributed by atoms with E-state index in [2.05, 4.69) is 22.7 Å². The summed E-state index contributed by atoms with van der Waals surface area (Å²) in [6.07, 6.45) is 8.21. The maximum Gasteiger partial charge on any atom is 0.251 e. The molecule has 1 saturated carbocycles. The van der Waals surface area contributed by atoms with Crippen LogP contribution in [-0.4, -0.2) is 70.4 Å². The van der Waals surface area contributed by atoms with E-state index in [0.717, 1.165) is 18.5 Å². The van der Waals surface area contributed by atoms with E-state index in [-0.39, 0.29) is 62.5 Å². The maximum absolute atomic E-state index is 13.3. The third-order valence-electron chi connectivity index (χ3n) is 6.66. The van der Waals surface area contributed by atoms with Gasteiger partial charge in [0.15, 0.2) is 0 Å². The van der Waals surface area contributed by atoms with Crippen molar-refractivity contribution in [3.63, 3.8) is 0 Å². The van der Waals surface area contributed by atoms with Crippen molar-refractivity contribution in [1.29, 1.82) is 0 Å². The SMILES string of the molecule is C=CCC(NC(=O)[C@@H]1CCCN1C(=O)CCC(=O)N1CCC(F)(F)CC1)/C(=C\CC)NSC1CC1. The van der Waals surface area contributed by atoms with Crippen LogP contribution in [0.4, 0.5) is 8.78 Å². The molecule has 1 aliphatic carbocycles. The van der Waals surface area contributed by atoms with Gasteiger partial charge in [0.25, 0.3) is 5.92 Å². The zero-order chi connectivity index (χ0) is 25.4. The summed E-state index contributed by atoms with van der Waals surface area (Å²) in [4.78, 5) is 41.5. The first-order chi connectivity index (χ1) is 16.7. The number of piperidine rings is 1. The molecule has 35 heavy (non-hydrogen) atoms. The zero-order valence-corrected chi connectivity index (χ0v) is 21.4. The van der Waals surface area contributed by atoms with Crippen molar-refractivity contribution in [2.24, 2.45) is 0 Å². The van der Waals surface area contributed by atoms with Gasteiger partial charge in [0.2, 0.25) is 17.7 Å². The second-order valence-corrected chi connectivity index (χ2v) is 10.7. The first-order valence-electron chi connectivity index (χ1n) is 12.7. The third kappa shape index (κ3) is 8.22. The van der Waals surface area contributed by atoms with Crippen molar-refractivity contribution in [3.05, 3.63) is 24.4 Å². The van der Waals surface area contributed by atoms with Gasteiger partial charge in [-0.3, -0.25) is 14.4 Å². The molecule has 0 aromatic heterocycles. The Balaban J connectivity index is 1.53. The van der Waals surface area contributed by atoms with Gasteiger partial charge in [-0.1, -0.05) is 19.1 Å². The Morgan fingerprint density at radius 3 is 2.43 bits per heavy atom. The van der Waals surface area contributed by atoms with Crippen molar-refractivity contribution in [1.82, 2.24) is 19.8 Å². The largest absolute Gasteiger partial charge is 0.346 e. The Hall–Kier alpha value is -2.10. The Bertz CT molecular complexity index is 809. The molecule has 3 amide bonds. The number of hydrogen-bond acceptors (Lipinski definition) is 5. The smallest absolute Gasteiger partial charge is 0.251 e. The number of nitrogens with zero attached hydrogens (tertiary/aromatic N) is 2. The fraction of sp³-hybridized carbons (Fsp3) is 0.720. The van der Waals surface area contributed by atoms with Crippen LogP contribution in [0.2, 0.25) is 0 Å². The molecule has 2 saturated heterocycles. The Labute approximate surface area is 211 Å². The molecular weight excluding hydrogens is 474 g/mol. The van der Waals surface area contributed by atoms with Gasteiger partial charge >= 0.3 is 0 Å². The topological polar surface area (TPSA) is 81.8 Å². The van der Waals surface area contributed by atoms with Crippen LogP contribution >= 0.6 is 11.9 Å². The zero-order valence-electron chi connectivity index (χ0n) is 20.6. The van der Waals surface area contributed by atoms with Crippen LogP contribution in [0, 0.1) is 0 Å². The highest BCUT2D eigenvalue weighted by atomic mass is 32.2. The van der Waals surface area contributed by atoms with Crippen molar-refractivity contribution in [2.45, 2.75) is 94.4 Å². The lowest BCUT2D eigenvalue weighted by atomic mass is 10.1. The van der Waals surface area contributed by atoms with Gasteiger partial charge in [0.05, 0.1) is 6.04 Å². The molecule has 2 atom stereocenters. The summed E-state index contributed by atoms with van der Waals surface area (Å²) < 4.78 is 30.1. The number of carbonyl (C=O) groups is 3. The van der Waals surface area contributed by atoms with E-state index in [1.807, 2.05) is 6.92 Å². The highest BCUT2D eigenvalue weighted by molar-refractivity contribution is 7.98. The van der Waals surface area contributed by atoms with Crippen LogP contribution in [-0.2, 0) is 14.4 Å². The predicted octanol–water partition coefficient (Wildman–Crippen LogP) is 3.77. The molecule has 2 aliphatic heterocycles. The summed E-state index contributed by atoms with van der Waals surface area (Å²) in [6, 6.07) is -0.819. The van der Waals surface area contributed by atoms with E-state index in [1.54, 1.807) is 22.9 Å². The average Bonchev–Trinajstić information content (AvgIpc) is 3.52. The lowest BCUT2D eigenvalue weighted by molar-refractivity contribution is -0.142. The highest BCUT2D eigenvalue weighted by Crippen LogP contribution is 2.33. The van der Waals surface area contributed by atoms with E-state index in [4.69, 9.17) is 0 Å². The van der Waals surface area contributed by atoms with Gasteiger partial charge in [-0.25, -0.2) is 8.78 Å². The lowest BCUT2D eigenvalue weighted by Crippen LogP contribution is -2.50. The van der Waals surface area contributed by atoms with E-state index >= 15 is 0 Å². The molecule has 0 aromatic carbocycles. The Morgan fingerprint density at radius 1 is 1.11 bits per heavy atom. The van der Waals surface area contributed by atoms with Crippen molar-refractivity contribution in [2.75, 3.05) is 19.6 Å². The van der Waals surface area contributed by atoms with Crippen molar-refractivity contribution in [3.8, 4) is 0 Å². The number of alkyl halides is 2. The van der Waals surface area contributed by atoms with Crippen LogP contribution in [0.1, 0.15) is 71.1 Å². The standard InChI is InChI=1S/C25H38F2N4O3S/c1-3-6-19(20(7-4-2)29-35-18-9-10-18)28-24(34)21-8-5-15-31(21)23(33)12-11-22(32)30-16-13-25(26,27)14-17-30/h3,7,18-19,21,29H,1,4-6,8-17H2,2H3,(H,28,34)/b20-7+/t19?,21-/m0/s1.